The third kappa shape index (κ3) is 2.53. The number of rotatable bonds is 2. The first kappa shape index (κ1) is 15.3. The SMILES string of the molecule is O=C(Nc1ccccc1Br)N1CC2(C1)OCc1nc(C3CC3)ncc12. The number of para-hydroxylation sites is 1. The number of urea groups is 1. The predicted octanol–water partition coefficient (Wildman–Crippen LogP) is 3.39. The number of carbonyl (C=O) groups excluding carboxylic acids is 1. The quantitative estimate of drug-likeness (QED) is 0.838. The van der Waals surface area contributed by atoms with Crippen molar-refractivity contribution in [1.29, 1.82) is 0 Å². The third-order valence-corrected chi connectivity index (χ3v) is 5.79. The molecule has 1 saturated carbocycles. The number of amides is 2. The molecule has 0 bridgehead atoms. The summed E-state index contributed by atoms with van der Waals surface area (Å²) in [5, 5.41) is 2.93. The van der Waals surface area contributed by atoms with Crippen LogP contribution in [0.2, 0.25) is 0 Å². The van der Waals surface area contributed by atoms with E-state index in [2.05, 4.69) is 31.2 Å². The predicted molar refractivity (Wildman–Crippen MR) is 95.2 cm³/mol. The summed E-state index contributed by atoms with van der Waals surface area (Å²) in [6.07, 6.45) is 4.29. The van der Waals surface area contributed by atoms with Crippen molar-refractivity contribution in [2.45, 2.75) is 31.0 Å². The van der Waals surface area contributed by atoms with Gasteiger partial charge in [-0.3, -0.25) is 0 Å². The van der Waals surface area contributed by atoms with Gasteiger partial charge in [0.05, 0.1) is 31.1 Å². The Morgan fingerprint density at radius 2 is 2.12 bits per heavy atom. The minimum absolute atomic E-state index is 0.120. The number of nitrogens with zero attached hydrogens (tertiary/aromatic N) is 3. The van der Waals surface area contributed by atoms with E-state index in [1.165, 1.54) is 12.8 Å². The fourth-order valence-electron chi connectivity index (χ4n) is 3.48. The van der Waals surface area contributed by atoms with Crippen LogP contribution in [0.15, 0.2) is 34.9 Å². The Bertz CT molecular complexity index is 862. The molecule has 1 spiro atoms. The second-order valence-electron chi connectivity index (χ2n) is 6.91. The van der Waals surface area contributed by atoms with Crippen LogP contribution >= 0.6 is 15.9 Å². The van der Waals surface area contributed by atoms with Gasteiger partial charge in [0.1, 0.15) is 11.4 Å². The van der Waals surface area contributed by atoms with Crippen molar-refractivity contribution >= 4 is 27.6 Å². The van der Waals surface area contributed by atoms with Gasteiger partial charge in [-0.15, -0.1) is 0 Å². The number of hydrogen-bond acceptors (Lipinski definition) is 4. The summed E-state index contributed by atoms with van der Waals surface area (Å²) in [5.41, 5.74) is 2.37. The smallest absolute Gasteiger partial charge is 0.322 e. The molecule has 0 unspecified atom stereocenters. The maximum absolute atomic E-state index is 12.5. The normalized spacial score (nSPS) is 20.3. The van der Waals surface area contributed by atoms with Crippen molar-refractivity contribution in [3.63, 3.8) is 0 Å². The number of ether oxygens (including phenoxy) is 1. The molecule has 1 saturated heterocycles. The van der Waals surface area contributed by atoms with E-state index in [-0.39, 0.29) is 6.03 Å². The Kier molecular flexibility index (Phi) is 3.36. The molecule has 7 heteroatoms. The zero-order valence-electron chi connectivity index (χ0n) is 13.5. The summed E-state index contributed by atoms with van der Waals surface area (Å²) in [6, 6.07) is 7.45. The number of likely N-dealkylation sites (tertiary alicyclic amines) is 1. The molecule has 0 radical (unpaired) electrons. The Morgan fingerprint density at radius 1 is 1.32 bits per heavy atom. The Labute approximate surface area is 153 Å². The second-order valence-corrected chi connectivity index (χ2v) is 7.77. The highest BCUT2D eigenvalue weighted by molar-refractivity contribution is 9.10. The molecule has 3 heterocycles. The summed E-state index contributed by atoms with van der Waals surface area (Å²) in [5.74, 6) is 1.48. The van der Waals surface area contributed by atoms with Crippen molar-refractivity contribution in [3.05, 3.63) is 52.0 Å². The van der Waals surface area contributed by atoms with Crippen LogP contribution < -0.4 is 5.32 Å². The molecular formula is C18H17BrN4O2. The van der Waals surface area contributed by atoms with Gasteiger partial charge in [0.25, 0.3) is 0 Å². The fraction of sp³-hybridized carbons (Fsp3) is 0.389. The molecule has 128 valence electrons. The minimum Gasteiger partial charge on any atom is -0.360 e. The number of carbonyl (C=O) groups is 1. The number of fused-ring (bicyclic) bond motifs is 2. The zero-order valence-corrected chi connectivity index (χ0v) is 15.1. The van der Waals surface area contributed by atoms with E-state index in [1.54, 1.807) is 4.90 Å². The number of benzene rings is 1. The molecule has 1 aliphatic carbocycles. The lowest BCUT2D eigenvalue weighted by atomic mass is 9.88. The molecule has 1 aromatic carbocycles. The Morgan fingerprint density at radius 3 is 2.88 bits per heavy atom. The van der Waals surface area contributed by atoms with Crippen LogP contribution in [0.3, 0.4) is 0 Å². The van der Waals surface area contributed by atoms with Gasteiger partial charge in [0.2, 0.25) is 0 Å². The monoisotopic (exact) mass is 400 g/mol. The van der Waals surface area contributed by atoms with Crippen LogP contribution in [-0.2, 0) is 16.9 Å². The van der Waals surface area contributed by atoms with Crippen molar-refractivity contribution in [2.75, 3.05) is 18.4 Å². The lowest BCUT2D eigenvalue weighted by molar-refractivity contribution is -0.122. The highest BCUT2D eigenvalue weighted by atomic mass is 79.9. The number of nitrogens with one attached hydrogen (secondary N) is 1. The van der Waals surface area contributed by atoms with Gasteiger partial charge in [-0.25, -0.2) is 14.8 Å². The molecule has 3 aliphatic rings. The fourth-order valence-corrected chi connectivity index (χ4v) is 3.86. The zero-order chi connectivity index (χ0) is 17.0. The van der Waals surface area contributed by atoms with Gasteiger partial charge in [-0.05, 0) is 40.9 Å². The van der Waals surface area contributed by atoms with Gasteiger partial charge in [0.15, 0.2) is 0 Å². The maximum atomic E-state index is 12.5. The summed E-state index contributed by atoms with van der Waals surface area (Å²) < 4.78 is 6.89. The van der Waals surface area contributed by atoms with E-state index < -0.39 is 5.60 Å². The number of hydrogen-bond donors (Lipinski definition) is 1. The van der Waals surface area contributed by atoms with Gasteiger partial charge < -0.3 is 15.0 Å². The number of aromatic nitrogens is 2. The average molecular weight is 401 g/mol. The second kappa shape index (κ2) is 5.51. The first-order valence-corrected chi connectivity index (χ1v) is 9.25. The largest absolute Gasteiger partial charge is 0.360 e. The van der Waals surface area contributed by atoms with E-state index in [1.807, 2.05) is 30.5 Å². The van der Waals surface area contributed by atoms with Crippen molar-refractivity contribution in [1.82, 2.24) is 14.9 Å². The van der Waals surface area contributed by atoms with Crippen LogP contribution in [0.1, 0.15) is 35.8 Å². The molecule has 25 heavy (non-hydrogen) atoms. The topological polar surface area (TPSA) is 67.4 Å². The molecule has 1 N–H and O–H groups in total. The van der Waals surface area contributed by atoms with Crippen molar-refractivity contribution in [3.8, 4) is 0 Å². The standard InChI is InChI=1S/C18H17BrN4O2/c19-13-3-1-2-4-14(13)22-17(24)23-9-18(10-23)12-7-20-16(11-5-6-11)21-15(12)8-25-18/h1-4,7,11H,5-6,8-10H2,(H,22,24). The molecule has 2 amide bonds. The number of anilines is 1. The van der Waals surface area contributed by atoms with E-state index >= 15 is 0 Å². The van der Waals surface area contributed by atoms with Crippen LogP contribution in [-0.4, -0.2) is 34.0 Å². The molecule has 1 aromatic heterocycles. The van der Waals surface area contributed by atoms with Crippen LogP contribution in [0.25, 0.3) is 0 Å². The average Bonchev–Trinajstić information content (AvgIpc) is 3.36. The third-order valence-electron chi connectivity index (χ3n) is 5.10. The molecule has 2 fully saturated rings. The van der Waals surface area contributed by atoms with E-state index in [0.717, 1.165) is 27.2 Å². The molecule has 2 aliphatic heterocycles. The van der Waals surface area contributed by atoms with Gasteiger partial charge in [0, 0.05) is 22.2 Å². The lowest BCUT2D eigenvalue weighted by Gasteiger charge is -2.46. The highest BCUT2D eigenvalue weighted by Gasteiger charge is 2.53. The maximum Gasteiger partial charge on any atom is 0.322 e. The first-order valence-electron chi connectivity index (χ1n) is 8.45. The van der Waals surface area contributed by atoms with Crippen molar-refractivity contribution in [2.24, 2.45) is 0 Å². The lowest BCUT2D eigenvalue weighted by Crippen LogP contribution is -2.62. The number of halogens is 1. The molecule has 5 rings (SSSR count). The van der Waals surface area contributed by atoms with Crippen LogP contribution in [0.4, 0.5) is 10.5 Å². The van der Waals surface area contributed by atoms with E-state index in [9.17, 15) is 4.79 Å². The molecular weight excluding hydrogens is 384 g/mol. The summed E-state index contributed by atoms with van der Waals surface area (Å²) in [6.45, 7) is 1.57. The first-order chi connectivity index (χ1) is 12.1. The van der Waals surface area contributed by atoms with E-state index in [0.29, 0.717) is 25.6 Å². The van der Waals surface area contributed by atoms with Crippen LogP contribution in [0.5, 0.6) is 0 Å². The molecule has 0 atom stereocenters. The van der Waals surface area contributed by atoms with Gasteiger partial charge in [-0.1, -0.05) is 12.1 Å². The molecule has 2 aromatic rings. The summed E-state index contributed by atoms with van der Waals surface area (Å²) in [7, 11) is 0. The minimum atomic E-state index is -0.428. The summed E-state index contributed by atoms with van der Waals surface area (Å²) in [4.78, 5) is 23.4. The van der Waals surface area contributed by atoms with Gasteiger partial charge in [-0.2, -0.15) is 0 Å². The van der Waals surface area contributed by atoms with Gasteiger partial charge >= 0.3 is 6.03 Å². The van der Waals surface area contributed by atoms with Crippen molar-refractivity contribution < 1.29 is 9.53 Å². The Balaban J connectivity index is 1.29. The van der Waals surface area contributed by atoms with E-state index in [4.69, 9.17) is 4.74 Å². The Hall–Kier alpha value is -1.99. The van der Waals surface area contributed by atoms with Crippen LogP contribution in [0, 0.1) is 0 Å². The summed E-state index contributed by atoms with van der Waals surface area (Å²) >= 11 is 3.44. The molecule has 6 nitrogen and oxygen atoms in total. The highest BCUT2D eigenvalue weighted by Crippen LogP contribution is 2.44.